The van der Waals surface area contributed by atoms with Crippen molar-refractivity contribution in [2.75, 3.05) is 31.5 Å². The third kappa shape index (κ3) is 6.01. The Balaban J connectivity index is 1.85. The zero-order chi connectivity index (χ0) is 18.6. The quantitative estimate of drug-likeness (QED) is 0.828. The van der Waals surface area contributed by atoms with Crippen LogP contribution >= 0.6 is 15.9 Å². The molecule has 1 saturated heterocycles. The van der Waals surface area contributed by atoms with Crippen molar-refractivity contribution < 1.29 is 14.3 Å². The van der Waals surface area contributed by atoms with Gasteiger partial charge in [0.1, 0.15) is 5.60 Å². The number of halogens is 1. The Morgan fingerprint density at radius 1 is 1.28 bits per heavy atom. The number of carbonyl (C=O) groups is 2. The van der Waals surface area contributed by atoms with Crippen LogP contribution in [-0.4, -0.2) is 59.6 Å². The molecule has 0 aromatic heterocycles. The summed E-state index contributed by atoms with van der Waals surface area (Å²) in [6.07, 6.45) is -0.294. The van der Waals surface area contributed by atoms with Crippen molar-refractivity contribution in [3.63, 3.8) is 0 Å². The van der Waals surface area contributed by atoms with Crippen molar-refractivity contribution >= 4 is 33.6 Å². The summed E-state index contributed by atoms with van der Waals surface area (Å²) < 4.78 is 6.29. The monoisotopic (exact) mass is 411 g/mol. The van der Waals surface area contributed by atoms with Gasteiger partial charge in [0.2, 0.25) is 5.91 Å². The highest BCUT2D eigenvalue weighted by Gasteiger charge is 2.31. The molecule has 1 N–H and O–H groups in total. The van der Waals surface area contributed by atoms with Crippen molar-refractivity contribution in [2.24, 2.45) is 0 Å². The molecule has 25 heavy (non-hydrogen) atoms. The fraction of sp³-hybridized carbons (Fsp3) is 0.556. The topological polar surface area (TPSA) is 61.9 Å². The van der Waals surface area contributed by atoms with Crippen molar-refractivity contribution in [3.8, 4) is 0 Å². The maximum atomic E-state index is 12.3. The fourth-order valence-electron chi connectivity index (χ4n) is 2.72. The van der Waals surface area contributed by atoms with Crippen LogP contribution in [0.25, 0.3) is 0 Å². The van der Waals surface area contributed by atoms with E-state index in [2.05, 4.69) is 26.1 Å². The molecule has 1 aliphatic rings. The first-order valence-corrected chi connectivity index (χ1v) is 9.21. The van der Waals surface area contributed by atoms with Crippen LogP contribution in [0.15, 0.2) is 28.7 Å². The molecule has 2 rings (SSSR count). The Kier molecular flexibility index (Phi) is 6.46. The highest BCUT2D eigenvalue weighted by molar-refractivity contribution is 9.10. The van der Waals surface area contributed by atoms with Gasteiger partial charge in [0.05, 0.1) is 12.2 Å². The molecule has 1 aromatic rings. The van der Waals surface area contributed by atoms with Gasteiger partial charge in [-0.2, -0.15) is 0 Å². The van der Waals surface area contributed by atoms with Gasteiger partial charge in [-0.15, -0.1) is 0 Å². The van der Waals surface area contributed by atoms with Crippen LogP contribution < -0.4 is 5.32 Å². The highest BCUT2D eigenvalue weighted by Crippen LogP contribution is 2.21. The third-order valence-corrected chi connectivity index (χ3v) is 4.55. The number of hydrogen-bond donors (Lipinski definition) is 1. The van der Waals surface area contributed by atoms with Crippen LogP contribution in [-0.2, 0) is 9.53 Å². The van der Waals surface area contributed by atoms with E-state index in [0.29, 0.717) is 26.2 Å². The average Bonchev–Trinajstić information content (AvgIpc) is 2.47. The molecule has 0 aliphatic carbocycles. The summed E-state index contributed by atoms with van der Waals surface area (Å²) in [4.78, 5) is 28.3. The van der Waals surface area contributed by atoms with E-state index in [9.17, 15) is 9.59 Å². The minimum absolute atomic E-state index is 0.000128. The number of hydrogen-bond acceptors (Lipinski definition) is 4. The van der Waals surface area contributed by atoms with Crippen LogP contribution in [0.5, 0.6) is 0 Å². The SMILES string of the molecule is CC1CN(CC(=O)Nc2ccccc2Br)CCN1C(=O)OC(C)(C)C. The van der Waals surface area contributed by atoms with E-state index >= 15 is 0 Å². The van der Waals surface area contributed by atoms with Gasteiger partial charge >= 0.3 is 6.09 Å². The highest BCUT2D eigenvalue weighted by atomic mass is 79.9. The van der Waals surface area contributed by atoms with Gasteiger partial charge in [-0.3, -0.25) is 9.69 Å². The molecule has 1 fully saturated rings. The van der Waals surface area contributed by atoms with E-state index in [-0.39, 0.29) is 18.0 Å². The van der Waals surface area contributed by atoms with Crippen molar-refractivity contribution in [3.05, 3.63) is 28.7 Å². The molecule has 6 nitrogen and oxygen atoms in total. The molecular formula is C18H26BrN3O3. The Hall–Kier alpha value is -1.60. The number of nitrogens with one attached hydrogen (secondary N) is 1. The van der Waals surface area contributed by atoms with Gasteiger partial charge in [-0.1, -0.05) is 12.1 Å². The average molecular weight is 412 g/mol. The summed E-state index contributed by atoms with van der Waals surface area (Å²) in [5.74, 6) is -0.0650. The second kappa shape index (κ2) is 8.19. The van der Waals surface area contributed by atoms with Crippen LogP contribution in [0.4, 0.5) is 10.5 Å². The van der Waals surface area contributed by atoms with Crippen LogP contribution in [0, 0.1) is 0 Å². The summed E-state index contributed by atoms with van der Waals surface area (Å²) in [5, 5.41) is 2.90. The second-order valence-electron chi connectivity index (χ2n) is 7.29. The standard InChI is InChI=1S/C18H26BrN3O3/c1-13-11-21(9-10-22(13)17(24)25-18(2,3)4)12-16(23)20-15-8-6-5-7-14(15)19/h5-8,13H,9-12H2,1-4H3,(H,20,23). The zero-order valence-electron chi connectivity index (χ0n) is 15.2. The van der Waals surface area contributed by atoms with E-state index in [1.807, 2.05) is 52.0 Å². The van der Waals surface area contributed by atoms with Crippen molar-refractivity contribution in [2.45, 2.75) is 39.3 Å². The number of piperazine rings is 1. The molecule has 1 aliphatic heterocycles. The maximum absolute atomic E-state index is 12.3. The summed E-state index contributed by atoms with van der Waals surface area (Å²) in [7, 11) is 0. The predicted molar refractivity (Wildman–Crippen MR) is 102 cm³/mol. The maximum Gasteiger partial charge on any atom is 0.410 e. The van der Waals surface area contributed by atoms with Gasteiger partial charge in [-0.05, 0) is 55.8 Å². The van der Waals surface area contributed by atoms with E-state index < -0.39 is 5.60 Å². The number of carbonyl (C=O) groups excluding carboxylic acids is 2. The number of para-hydroxylation sites is 1. The first-order valence-electron chi connectivity index (χ1n) is 8.42. The second-order valence-corrected chi connectivity index (χ2v) is 8.14. The first kappa shape index (κ1) is 19.7. The molecule has 1 heterocycles. The Morgan fingerprint density at radius 2 is 1.96 bits per heavy atom. The lowest BCUT2D eigenvalue weighted by atomic mass is 10.2. The lowest BCUT2D eigenvalue weighted by Crippen LogP contribution is -2.56. The Labute approximate surface area is 157 Å². The molecule has 0 bridgehead atoms. The fourth-order valence-corrected chi connectivity index (χ4v) is 3.11. The minimum Gasteiger partial charge on any atom is -0.444 e. The molecular weight excluding hydrogens is 386 g/mol. The molecule has 1 atom stereocenters. The molecule has 7 heteroatoms. The van der Waals surface area contributed by atoms with Crippen LogP contribution in [0.2, 0.25) is 0 Å². The van der Waals surface area contributed by atoms with Gasteiger partial charge in [0.15, 0.2) is 0 Å². The number of nitrogens with zero attached hydrogens (tertiary/aromatic N) is 2. The van der Waals surface area contributed by atoms with Gasteiger partial charge in [0, 0.05) is 30.1 Å². The number of rotatable bonds is 3. The number of amides is 2. The lowest BCUT2D eigenvalue weighted by Gasteiger charge is -2.39. The third-order valence-electron chi connectivity index (χ3n) is 3.85. The predicted octanol–water partition coefficient (Wildman–Crippen LogP) is 3.33. The van der Waals surface area contributed by atoms with Crippen LogP contribution in [0.1, 0.15) is 27.7 Å². The molecule has 0 radical (unpaired) electrons. The van der Waals surface area contributed by atoms with E-state index in [0.717, 1.165) is 10.2 Å². The number of benzene rings is 1. The van der Waals surface area contributed by atoms with Gasteiger partial charge in [-0.25, -0.2) is 4.79 Å². The molecule has 1 aromatic carbocycles. The van der Waals surface area contributed by atoms with E-state index in [4.69, 9.17) is 4.74 Å². The number of ether oxygens (including phenoxy) is 1. The zero-order valence-corrected chi connectivity index (χ0v) is 16.8. The molecule has 1 unspecified atom stereocenters. The van der Waals surface area contributed by atoms with Crippen molar-refractivity contribution in [1.82, 2.24) is 9.80 Å². The van der Waals surface area contributed by atoms with E-state index in [1.54, 1.807) is 4.90 Å². The van der Waals surface area contributed by atoms with Gasteiger partial charge < -0.3 is 15.0 Å². The molecule has 138 valence electrons. The number of anilines is 1. The van der Waals surface area contributed by atoms with Crippen molar-refractivity contribution in [1.29, 1.82) is 0 Å². The summed E-state index contributed by atoms with van der Waals surface area (Å²) in [6, 6.07) is 7.52. The largest absolute Gasteiger partial charge is 0.444 e. The smallest absolute Gasteiger partial charge is 0.410 e. The first-order chi connectivity index (χ1) is 11.7. The summed E-state index contributed by atoms with van der Waals surface area (Å²) in [5.41, 5.74) is 0.254. The molecule has 0 spiro atoms. The Morgan fingerprint density at radius 3 is 2.56 bits per heavy atom. The van der Waals surface area contributed by atoms with Crippen LogP contribution in [0.3, 0.4) is 0 Å². The summed E-state index contributed by atoms with van der Waals surface area (Å²) in [6.45, 7) is 9.69. The Bertz CT molecular complexity index is 630. The summed E-state index contributed by atoms with van der Waals surface area (Å²) >= 11 is 3.42. The minimum atomic E-state index is -0.503. The normalized spacial score (nSPS) is 18.8. The van der Waals surface area contributed by atoms with Gasteiger partial charge in [0.25, 0.3) is 0 Å². The lowest BCUT2D eigenvalue weighted by molar-refractivity contribution is -0.117. The molecule has 0 saturated carbocycles. The molecule has 2 amide bonds. The van der Waals surface area contributed by atoms with E-state index in [1.165, 1.54) is 0 Å².